The van der Waals surface area contributed by atoms with E-state index in [1.54, 1.807) is 0 Å². The summed E-state index contributed by atoms with van der Waals surface area (Å²) < 4.78 is 2.19. The van der Waals surface area contributed by atoms with Crippen LogP contribution in [0, 0.1) is 0 Å². The first-order chi connectivity index (χ1) is 15.1. The second-order valence-corrected chi connectivity index (χ2v) is 8.96. The fourth-order valence-corrected chi connectivity index (χ4v) is 4.51. The van der Waals surface area contributed by atoms with Crippen molar-refractivity contribution >= 4 is 46.1 Å². The highest BCUT2D eigenvalue weighted by molar-refractivity contribution is 6.42. The molecule has 31 heavy (non-hydrogen) atoms. The van der Waals surface area contributed by atoms with Gasteiger partial charge in [0.05, 0.1) is 21.4 Å². The van der Waals surface area contributed by atoms with Crippen LogP contribution in [0.5, 0.6) is 0 Å². The van der Waals surface area contributed by atoms with E-state index in [4.69, 9.17) is 39.8 Å². The van der Waals surface area contributed by atoms with Crippen LogP contribution in [-0.2, 0) is 6.54 Å². The van der Waals surface area contributed by atoms with Crippen LogP contribution in [-0.4, -0.2) is 40.5 Å². The molecular formula is C24H21Cl3N4. The lowest BCUT2D eigenvalue weighted by molar-refractivity contribution is 0.247. The molecule has 1 aliphatic heterocycles. The summed E-state index contributed by atoms with van der Waals surface area (Å²) in [6.45, 7) is 4.62. The van der Waals surface area contributed by atoms with Gasteiger partial charge in [0.15, 0.2) is 0 Å². The number of anilines is 1. The van der Waals surface area contributed by atoms with Gasteiger partial charge in [0.25, 0.3) is 0 Å². The molecule has 4 nitrogen and oxygen atoms in total. The number of nitrogens with zero attached hydrogens (tertiary/aromatic N) is 4. The van der Waals surface area contributed by atoms with E-state index in [1.807, 2.05) is 60.7 Å². The summed E-state index contributed by atoms with van der Waals surface area (Å²) in [6.07, 6.45) is 2.09. The number of fused-ring (bicyclic) bond motifs is 1. The van der Waals surface area contributed by atoms with E-state index in [0.29, 0.717) is 10.0 Å². The van der Waals surface area contributed by atoms with Crippen LogP contribution in [0.1, 0.15) is 5.69 Å². The van der Waals surface area contributed by atoms with E-state index in [-0.39, 0.29) is 0 Å². The second kappa shape index (κ2) is 8.71. The number of pyridine rings is 1. The maximum atomic E-state index is 6.21. The minimum Gasteiger partial charge on any atom is -0.369 e. The lowest BCUT2D eigenvalue weighted by Gasteiger charge is -2.36. The largest absolute Gasteiger partial charge is 0.369 e. The van der Waals surface area contributed by atoms with Crippen LogP contribution in [0.25, 0.3) is 16.9 Å². The van der Waals surface area contributed by atoms with Crippen molar-refractivity contribution in [3.63, 3.8) is 0 Å². The Morgan fingerprint density at radius 3 is 2.32 bits per heavy atom. The molecule has 158 valence electrons. The molecule has 7 heteroatoms. The standard InChI is InChI=1S/C24H21Cl3N4/c25-18-6-4-17(5-7-18)24-22(31-10-2-1-3-23(31)28-24)16-29-11-13-30(14-12-29)19-8-9-20(26)21(27)15-19/h1-10,15H,11-14,16H2. The Hall–Kier alpha value is -2.24. The van der Waals surface area contributed by atoms with Crippen molar-refractivity contribution < 1.29 is 0 Å². The second-order valence-electron chi connectivity index (χ2n) is 7.70. The summed E-state index contributed by atoms with van der Waals surface area (Å²) in [5.41, 5.74) is 5.36. The Morgan fingerprint density at radius 1 is 0.806 bits per heavy atom. The summed E-state index contributed by atoms with van der Waals surface area (Å²) in [7, 11) is 0. The summed E-state index contributed by atoms with van der Waals surface area (Å²) in [5, 5.41) is 1.92. The highest BCUT2D eigenvalue weighted by Gasteiger charge is 2.22. The average Bonchev–Trinajstić information content (AvgIpc) is 3.15. The Morgan fingerprint density at radius 2 is 1.58 bits per heavy atom. The Kier molecular flexibility index (Phi) is 5.81. The fourth-order valence-electron chi connectivity index (χ4n) is 4.09. The van der Waals surface area contributed by atoms with Gasteiger partial charge >= 0.3 is 0 Å². The zero-order chi connectivity index (χ0) is 21.4. The van der Waals surface area contributed by atoms with Crippen molar-refractivity contribution in [3.05, 3.63) is 87.6 Å². The molecule has 2 aromatic carbocycles. The Balaban J connectivity index is 1.38. The molecule has 1 saturated heterocycles. The third-order valence-electron chi connectivity index (χ3n) is 5.76. The monoisotopic (exact) mass is 470 g/mol. The SMILES string of the molecule is Clc1ccc(-c2nc3ccccn3c2CN2CCN(c3ccc(Cl)c(Cl)c3)CC2)cc1. The number of hydrogen-bond donors (Lipinski definition) is 0. The smallest absolute Gasteiger partial charge is 0.137 e. The van der Waals surface area contributed by atoms with Gasteiger partial charge in [-0.05, 0) is 42.5 Å². The molecule has 0 bridgehead atoms. The average molecular weight is 472 g/mol. The zero-order valence-electron chi connectivity index (χ0n) is 16.8. The minimum absolute atomic E-state index is 0.589. The number of imidazole rings is 1. The number of piperazine rings is 1. The molecule has 3 heterocycles. The third-order valence-corrected chi connectivity index (χ3v) is 6.75. The van der Waals surface area contributed by atoms with Gasteiger partial charge in [-0.15, -0.1) is 0 Å². The third kappa shape index (κ3) is 4.26. The van der Waals surface area contributed by atoms with Gasteiger partial charge in [-0.25, -0.2) is 4.98 Å². The molecule has 0 spiro atoms. The zero-order valence-corrected chi connectivity index (χ0v) is 19.1. The number of hydrogen-bond acceptors (Lipinski definition) is 3. The van der Waals surface area contributed by atoms with Gasteiger partial charge in [0.1, 0.15) is 5.65 Å². The number of aromatic nitrogens is 2. The molecule has 0 aliphatic carbocycles. The van der Waals surface area contributed by atoms with E-state index in [2.05, 4.69) is 20.4 Å². The molecule has 2 aromatic heterocycles. The van der Waals surface area contributed by atoms with Gasteiger partial charge in [0, 0.05) is 55.2 Å². The molecule has 4 aromatic rings. The van der Waals surface area contributed by atoms with Crippen molar-refractivity contribution in [2.75, 3.05) is 31.1 Å². The van der Waals surface area contributed by atoms with Crippen LogP contribution in [0.4, 0.5) is 5.69 Å². The first-order valence-electron chi connectivity index (χ1n) is 10.2. The fraction of sp³-hybridized carbons (Fsp3) is 0.208. The molecule has 1 aliphatic rings. The highest BCUT2D eigenvalue weighted by Crippen LogP contribution is 2.29. The van der Waals surface area contributed by atoms with Crippen molar-refractivity contribution in [1.82, 2.24) is 14.3 Å². The lowest BCUT2D eigenvalue weighted by Crippen LogP contribution is -2.46. The van der Waals surface area contributed by atoms with Crippen molar-refractivity contribution in [1.29, 1.82) is 0 Å². The summed E-state index contributed by atoms with van der Waals surface area (Å²) in [6, 6.07) is 19.9. The van der Waals surface area contributed by atoms with Crippen LogP contribution in [0.3, 0.4) is 0 Å². The van der Waals surface area contributed by atoms with Crippen LogP contribution < -0.4 is 4.90 Å². The van der Waals surface area contributed by atoms with Crippen LogP contribution in [0.2, 0.25) is 15.1 Å². The van der Waals surface area contributed by atoms with Crippen molar-refractivity contribution in [2.45, 2.75) is 6.54 Å². The minimum atomic E-state index is 0.589. The first kappa shape index (κ1) is 20.7. The highest BCUT2D eigenvalue weighted by atomic mass is 35.5. The maximum absolute atomic E-state index is 6.21. The van der Waals surface area contributed by atoms with Gasteiger partial charge in [0.2, 0.25) is 0 Å². The van der Waals surface area contributed by atoms with Crippen LogP contribution in [0.15, 0.2) is 66.9 Å². The summed E-state index contributed by atoms with van der Waals surface area (Å²) in [5.74, 6) is 0. The van der Waals surface area contributed by atoms with E-state index in [1.165, 1.54) is 5.69 Å². The lowest BCUT2D eigenvalue weighted by atomic mass is 10.1. The van der Waals surface area contributed by atoms with Gasteiger partial charge < -0.3 is 9.30 Å². The molecule has 0 atom stereocenters. The molecule has 0 saturated carbocycles. The Labute approximate surface area is 196 Å². The van der Waals surface area contributed by atoms with Gasteiger partial charge in [-0.3, -0.25) is 4.90 Å². The predicted octanol–water partition coefficient (Wildman–Crippen LogP) is 6.28. The number of benzene rings is 2. The normalized spacial score (nSPS) is 15.0. The maximum Gasteiger partial charge on any atom is 0.137 e. The van der Waals surface area contributed by atoms with Gasteiger partial charge in [-0.2, -0.15) is 0 Å². The first-order valence-corrected chi connectivity index (χ1v) is 11.4. The molecule has 0 radical (unpaired) electrons. The van der Waals surface area contributed by atoms with Crippen molar-refractivity contribution in [3.8, 4) is 11.3 Å². The van der Waals surface area contributed by atoms with E-state index < -0.39 is 0 Å². The van der Waals surface area contributed by atoms with Crippen LogP contribution >= 0.6 is 34.8 Å². The quantitative estimate of drug-likeness (QED) is 0.350. The van der Waals surface area contributed by atoms with Crippen molar-refractivity contribution in [2.24, 2.45) is 0 Å². The molecule has 0 N–H and O–H groups in total. The molecule has 1 fully saturated rings. The Bertz CT molecular complexity index is 1210. The molecule has 0 amide bonds. The topological polar surface area (TPSA) is 23.8 Å². The van der Waals surface area contributed by atoms with E-state index in [9.17, 15) is 0 Å². The number of halogens is 3. The molecular weight excluding hydrogens is 451 g/mol. The molecule has 5 rings (SSSR count). The molecule has 0 unspecified atom stereocenters. The van der Waals surface area contributed by atoms with E-state index >= 15 is 0 Å². The van der Waals surface area contributed by atoms with E-state index in [0.717, 1.165) is 60.3 Å². The summed E-state index contributed by atoms with van der Waals surface area (Å²) in [4.78, 5) is 9.74. The number of rotatable bonds is 4. The summed E-state index contributed by atoms with van der Waals surface area (Å²) >= 11 is 18.4. The van der Waals surface area contributed by atoms with Gasteiger partial charge in [-0.1, -0.05) is 53.0 Å². The predicted molar refractivity (Wildman–Crippen MR) is 130 cm³/mol.